The zero-order valence-electron chi connectivity index (χ0n) is 17.8. The van der Waals surface area contributed by atoms with Crippen LogP contribution in [0.5, 0.6) is 0 Å². The first-order chi connectivity index (χ1) is 14.0. The maximum Gasteiger partial charge on any atom is 0.175 e. The summed E-state index contributed by atoms with van der Waals surface area (Å²) in [5.74, 6) is 5.30. The van der Waals surface area contributed by atoms with Gasteiger partial charge in [0.15, 0.2) is 5.79 Å². The minimum absolute atomic E-state index is 0.122. The van der Waals surface area contributed by atoms with Crippen LogP contribution in [0, 0.1) is 36.0 Å². The summed E-state index contributed by atoms with van der Waals surface area (Å²) >= 11 is 0. The van der Waals surface area contributed by atoms with E-state index in [0.717, 1.165) is 44.9 Å². The molecule has 0 radical (unpaired) electrons. The van der Waals surface area contributed by atoms with Crippen molar-refractivity contribution < 1.29 is 9.47 Å². The van der Waals surface area contributed by atoms with Crippen molar-refractivity contribution in [2.75, 3.05) is 13.2 Å². The molecule has 2 heteroatoms. The van der Waals surface area contributed by atoms with E-state index >= 15 is 0 Å². The van der Waals surface area contributed by atoms with Gasteiger partial charge in [0.25, 0.3) is 0 Å². The van der Waals surface area contributed by atoms with Gasteiger partial charge >= 0.3 is 0 Å². The van der Waals surface area contributed by atoms with E-state index in [2.05, 4.69) is 55.7 Å². The van der Waals surface area contributed by atoms with Gasteiger partial charge in [0.2, 0.25) is 0 Å². The average molecular weight is 389 g/mol. The molecule has 2 fully saturated rings. The highest BCUT2D eigenvalue weighted by atomic mass is 16.7. The number of unbranched alkanes of at least 4 members (excludes halogenated alkanes) is 2. The van der Waals surface area contributed by atoms with Crippen molar-refractivity contribution in [3.63, 3.8) is 0 Å². The second-order valence-electron chi connectivity index (χ2n) is 8.46. The lowest BCUT2D eigenvalue weighted by molar-refractivity contribution is -0.219. The number of hydrogen-bond acceptors (Lipinski definition) is 2. The highest BCUT2D eigenvalue weighted by Gasteiger charge is 2.61. The summed E-state index contributed by atoms with van der Waals surface area (Å²) in [6.45, 7) is 5.68. The molecule has 1 saturated carbocycles. The zero-order chi connectivity index (χ0) is 20.7. The average Bonchev–Trinajstić information content (AvgIpc) is 3.32. The molecule has 1 saturated heterocycles. The third kappa shape index (κ3) is 4.52. The van der Waals surface area contributed by atoms with E-state index < -0.39 is 5.79 Å². The van der Waals surface area contributed by atoms with Crippen LogP contribution in [0.1, 0.15) is 64.4 Å². The molecule has 0 bridgehead atoms. The molecule has 2 aliphatic rings. The summed E-state index contributed by atoms with van der Waals surface area (Å²) in [4.78, 5) is 0. The molecule has 1 aromatic carbocycles. The summed E-state index contributed by atoms with van der Waals surface area (Å²) in [6, 6.07) is 10.5. The minimum Gasteiger partial charge on any atom is -0.347 e. The van der Waals surface area contributed by atoms with E-state index in [0.29, 0.717) is 13.2 Å². The molecule has 1 heterocycles. The lowest BCUT2D eigenvalue weighted by Gasteiger charge is -2.41. The van der Waals surface area contributed by atoms with E-state index in [4.69, 9.17) is 22.3 Å². The molecule has 3 rings (SSSR count). The van der Waals surface area contributed by atoms with Gasteiger partial charge in [-0.2, -0.15) is 0 Å². The van der Waals surface area contributed by atoms with Gasteiger partial charge in [-0.1, -0.05) is 37.3 Å². The summed E-state index contributed by atoms with van der Waals surface area (Å²) in [5, 5.41) is 0. The van der Waals surface area contributed by atoms with Crippen molar-refractivity contribution in [1.82, 2.24) is 0 Å². The van der Waals surface area contributed by atoms with Crippen molar-refractivity contribution in [2.45, 2.75) is 64.6 Å². The zero-order valence-corrected chi connectivity index (χ0v) is 17.8. The van der Waals surface area contributed by atoms with E-state index in [1.54, 1.807) is 0 Å². The fraction of sp³-hybridized carbons (Fsp3) is 0.519. The molecule has 1 aliphatic heterocycles. The van der Waals surface area contributed by atoms with E-state index in [1.165, 1.54) is 16.7 Å². The van der Waals surface area contributed by atoms with Gasteiger partial charge in [0.1, 0.15) is 0 Å². The SMILES string of the molecule is C#CCCCCC(C)=C=C(C[C@]1(C)[C@H](C#C)CCC12OCCO2)c1ccccc1. The van der Waals surface area contributed by atoms with Gasteiger partial charge in [0.05, 0.1) is 13.2 Å². The smallest absolute Gasteiger partial charge is 0.175 e. The summed E-state index contributed by atoms with van der Waals surface area (Å²) in [6.07, 6.45) is 17.9. The second-order valence-corrected chi connectivity index (χ2v) is 8.46. The number of allylic oxidation sites excluding steroid dienone is 1. The van der Waals surface area contributed by atoms with Gasteiger partial charge in [0, 0.05) is 29.7 Å². The Labute approximate surface area is 176 Å². The Balaban J connectivity index is 1.95. The molecule has 152 valence electrons. The van der Waals surface area contributed by atoms with E-state index in [1.807, 2.05) is 6.07 Å². The van der Waals surface area contributed by atoms with Gasteiger partial charge < -0.3 is 9.47 Å². The molecular weight excluding hydrogens is 356 g/mol. The summed E-state index contributed by atoms with van der Waals surface area (Å²) < 4.78 is 12.4. The molecule has 0 amide bonds. The van der Waals surface area contributed by atoms with Crippen molar-refractivity contribution in [3.05, 3.63) is 47.2 Å². The summed E-state index contributed by atoms with van der Waals surface area (Å²) in [7, 11) is 0. The normalized spacial score (nSPS) is 24.6. The largest absolute Gasteiger partial charge is 0.347 e. The Hall–Kier alpha value is -2.22. The van der Waals surface area contributed by atoms with E-state index in [9.17, 15) is 0 Å². The topological polar surface area (TPSA) is 18.5 Å². The fourth-order valence-corrected chi connectivity index (χ4v) is 4.82. The monoisotopic (exact) mass is 388 g/mol. The van der Waals surface area contributed by atoms with Crippen LogP contribution >= 0.6 is 0 Å². The summed E-state index contributed by atoms with van der Waals surface area (Å²) in [5.41, 5.74) is 7.06. The molecule has 0 unspecified atom stereocenters. The first-order valence-corrected chi connectivity index (χ1v) is 10.7. The van der Waals surface area contributed by atoms with Crippen LogP contribution in [0.3, 0.4) is 0 Å². The van der Waals surface area contributed by atoms with Crippen LogP contribution in [-0.2, 0) is 9.47 Å². The Morgan fingerprint density at radius 2 is 1.86 bits per heavy atom. The van der Waals surface area contributed by atoms with Crippen LogP contribution in [0.2, 0.25) is 0 Å². The van der Waals surface area contributed by atoms with Gasteiger partial charge in [-0.15, -0.1) is 30.4 Å². The minimum atomic E-state index is -0.577. The van der Waals surface area contributed by atoms with Gasteiger partial charge in [-0.05, 0) is 50.2 Å². The molecule has 0 N–H and O–H groups in total. The molecule has 1 aliphatic carbocycles. The number of ether oxygens (including phenoxy) is 2. The van der Waals surface area contributed by atoms with Gasteiger partial charge in [-0.3, -0.25) is 0 Å². The Kier molecular flexibility index (Phi) is 7.05. The first-order valence-electron chi connectivity index (χ1n) is 10.7. The maximum atomic E-state index is 6.20. The molecule has 2 atom stereocenters. The van der Waals surface area contributed by atoms with Crippen molar-refractivity contribution >= 4 is 5.57 Å². The van der Waals surface area contributed by atoms with Crippen LogP contribution in [0.15, 0.2) is 41.6 Å². The van der Waals surface area contributed by atoms with Crippen LogP contribution in [0.25, 0.3) is 5.57 Å². The fourth-order valence-electron chi connectivity index (χ4n) is 4.82. The molecule has 1 spiro atoms. The molecule has 0 aromatic heterocycles. The first kappa shape index (κ1) is 21.5. The molecule has 2 nitrogen and oxygen atoms in total. The maximum absolute atomic E-state index is 6.20. The Morgan fingerprint density at radius 3 is 2.52 bits per heavy atom. The number of terminal acetylenes is 2. The van der Waals surface area contributed by atoms with E-state index in [-0.39, 0.29) is 11.3 Å². The highest BCUT2D eigenvalue weighted by Crippen LogP contribution is 2.58. The molecule has 1 aromatic rings. The Bertz CT molecular complexity index is 839. The standard InChI is InChI=1S/C27H32O2/c1-5-7-8-10-13-22(3)20-24(23-14-11-9-12-15-23)21-26(4)25(6-2)16-17-27(26)28-18-19-29-27/h1-2,9,11-12,14-15,25H,7-8,10,13,16-19,21H2,3-4H3/t20?,25-,26-/m1/s1. The quantitative estimate of drug-likeness (QED) is 0.324. The predicted molar refractivity (Wildman–Crippen MR) is 119 cm³/mol. The second kappa shape index (κ2) is 9.52. The number of benzene rings is 1. The van der Waals surface area contributed by atoms with Crippen LogP contribution in [-0.4, -0.2) is 19.0 Å². The van der Waals surface area contributed by atoms with Crippen molar-refractivity contribution in [2.24, 2.45) is 11.3 Å². The third-order valence-electron chi connectivity index (χ3n) is 6.51. The Morgan fingerprint density at radius 1 is 1.14 bits per heavy atom. The number of hydrogen-bond donors (Lipinski definition) is 0. The highest BCUT2D eigenvalue weighted by molar-refractivity contribution is 5.66. The van der Waals surface area contributed by atoms with Crippen LogP contribution < -0.4 is 0 Å². The third-order valence-corrected chi connectivity index (χ3v) is 6.51. The predicted octanol–water partition coefficient (Wildman–Crippen LogP) is 5.99. The van der Waals surface area contributed by atoms with Crippen LogP contribution in [0.4, 0.5) is 0 Å². The number of rotatable bonds is 7. The lowest BCUT2D eigenvalue weighted by atomic mass is 9.71. The molecule has 29 heavy (non-hydrogen) atoms. The molecular formula is C27H32O2. The van der Waals surface area contributed by atoms with Crippen molar-refractivity contribution in [3.8, 4) is 24.7 Å². The lowest BCUT2D eigenvalue weighted by Crippen LogP contribution is -2.46. The van der Waals surface area contributed by atoms with Crippen molar-refractivity contribution in [1.29, 1.82) is 0 Å². The van der Waals surface area contributed by atoms with Gasteiger partial charge in [-0.25, -0.2) is 0 Å².